The number of ether oxygens (including phenoxy) is 1. The fourth-order valence-electron chi connectivity index (χ4n) is 0.878. The summed E-state index contributed by atoms with van der Waals surface area (Å²) in [6, 6.07) is 3.44. The molecule has 0 saturated heterocycles. The van der Waals surface area contributed by atoms with Crippen LogP contribution in [0.25, 0.3) is 6.08 Å². The highest BCUT2D eigenvalue weighted by atomic mass is 16.5. The summed E-state index contributed by atoms with van der Waals surface area (Å²) >= 11 is 0. The Balaban J connectivity index is 2.47. The van der Waals surface area contributed by atoms with Crippen molar-refractivity contribution in [3.05, 3.63) is 30.2 Å². The largest absolute Gasteiger partial charge is 0.465 e. The van der Waals surface area contributed by atoms with Gasteiger partial charge in [0.05, 0.1) is 12.9 Å². The number of aliphatic hydroxyl groups excluding tert-OH is 1. The zero-order valence-electron chi connectivity index (χ0n) is 7.84. The average molecular weight is 196 g/mol. The Morgan fingerprint density at radius 1 is 1.79 bits per heavy atom. The van der Waals surface area contributed by atoms with E-state index in [0.717, 1.165) is 0 Å². The van der Waals surface area contributed by atoms with Gasteiger partial charge in [0.25, 0.3) is 0 Å². The van der Waals surface area contributed by atoms with Gasteiger partial charge >= 0.3 is 5.97 Å². The summed E-state index contributed by atoms with van der Waals surface area (Å²) < 4.78 is 9.58. The number of furan rings is 1. The molecular formula is C10H12O4. The first-order valence-electron chi connectivity index (χ1n) is 4.30. The molecule has 4 nitrogen and oxygen atoms in total. The van der Waals surface area contributed by atoms with Gasteiger partial charge in [0.2, 0.25) is 0 Å². The van der Waals surface area contributed by atoms with E-state index in [1.165, 1.54) is 18.4 Å². The van der Waals surface area contributed by atoms with Crippen LogP contribution in [0.2, 0.25) is 0 Å². The van der Waals surface area contributed by atoms with Crippen LogP contribution in [0, 0.1) is 0 Å². The van der Waals surface area contributed by atoms with E-state index >= 15 is 0 Å². The Morgan fingerprint density at radius 3 is 3.14 bits per heavy atom. The Labute approximate surface area is 81.8 Å². The molecule has 1 unspecified atom stereocenters. The molecule has 0 aliphatic carbocycles. The summed E-state index contributed by atoms with van der Waals surface area (Å²) in [5.41, 5.74) is 0. The van der Waals surface area contributed by atoms with Crippen molar-refractivity contribution in [3.63, 3.8) is 0 Å². The standard InChI is InChI=1S/C10H12O4/c1-2-13-10(12)9(11)6-5-8-4-3-7-14-8/h3-7,9,11H,2H2,1H3/b6-5+. The van der Waals surface area contributed by atoms with Crippen LogP contribution >= 0.6 is 0 Å². The number of esters is 1. The second-order valence-corrected chi connectivity index (χ2v) is 2.57. The highest BCUT2D eigenvalue weighted by molar-refractivity contribution is 5.77. The number of aliphatic hydroxyl groups is 1. The number of hydrogen-bond acceptors (Lipinski definition) is 4. The second-order valence-electron chi connectivity index (χ2n) is 2.57. The summed E-state index contributed by atoms with van der Waals surface area (Å²) in [6.45, 7) is 1.94. The van der Waals surface area contributed by atoms with Crippen LogP contribution in [0.3, 0.4) is 0 Å². The maximum absolute atomic E-state index is 10.9. The quantitative estimate of drug-likeness (QED) is 0.735. The molecule has 1 atom stereocenters. The molecule has 0 bridgehead atoms. The monoisotopic (exact) mass is 196 g/mol. The Bertz CT molecular complexity index is 300. The zero-order valence-corrected chi connectivity index (χ0v) is 7.84. The van der Waals surface area contributed by atoms with Crippen molar-refractivity contribution in [2.24, 2.45) is 0 Å². The molecular weight excluding hydrogens is 184 g/mol. The van der Waals surface area contributed by atoms with Crippen molar-refractivity contribution in [1.82, 2.24) is 0 Å². The summed E-state index contributed by atoms with van der Waals surface area (Å²) in [7, 11) is 0. The van der Waals surface area contributed by atoms with E-state index in [0.29, 0.717) is 5.76 Å². The van der Waals surface area contributed by atoms with Crippen LogP contribution in [0.1, 0.15) is 12.7 Å². The van der Waals surface area contributed by atoms with E-state index in [-0.39, 0.29) is 6.61 Å². The molecule has 1 N–H and O–H groups in total. The number of hydrogen-bond donors (Lipinski definition) is 1. The molecule has 1 heterocycles. The second kappa shape index (κ2) is 5.24. The van der Waals surface area contributed by atoms with E-state index in [1.807, 2.05) is 0 Å². The maximum atomic E-state index is 10.9. The van der Waals surface area contributed by atoms with Crippen molar-refractivity contribution in [1.29, 1.82) is 0 Å². The van der Waals surface area contributed by atoms with Crippen molar-refractivity contribution in [3.8, 4) is 0 Å². The minimum Gasteiger partial charge on any atom is -0.465 e. The van der Waals surface area contributed by atoms with Crippen LogP contribution in [0.4, 0.5) is 0 Å². The molecule has 0 aliphatic heterocycles. The van der Waals surface area contributed by atoms with Gasteiger partial charge in [0.15, 0.2) is 6.10 Å². The fourth-order valence-corrected chi connectivity index (χ4v) is 0.878. The molecule has 0 saturated carbocycles. The van der Waals surface area contributed by atoms with Crippen molar-refractivity contribution in [2.45, 2.75) is 13.0 Å². The lowest BCUT2D eigenvalue weighted by atomic mass is 10.3. The molecule has 0 amide bonds. The SMILES string of the molecule is CCOC(=O)C(O)/C=C/c1ccco1. The van der Waals surface area contributed by atoms with Crippen LogP contribution in [0.5, 0.6) is 0 Å². The number of carbonyl (C=O) groups excluding carboxylic acids is 1. The summed E-state index contributed by atoms with van der Waals surface area (Å²) in [4.78, 5) is 10.9. The van der Waals surface area contributed by atoms with Gasteiger partial charge in [-0.3, -0.25) is 0 Å². The molecule has 76 valence electrons. The molecule has 0 radical (unpaired) electrons. The molecule has 1 rings (SSSR count). The fraction of sp³-hybridized carbons (Fsp3) is 0.300. The van der Waals surface area contributed by atoms with Crippen LogP contribution < -0.4 is 0 Å². The number of carbonyl (C=O) groups is 1. The van der Waals surface area contributed by atoms with E-state index in [9.17, 15) is 9.90 Å². The first kappa shape index (κ1) is 10.5. The third kappa shape index (κ3) is 3.06. The lowest BCUT2D eigenvalue weighted by Gasteiger charge is -2.03. The lowest BCUT2D eigenvalue weighted by Crippen LogP contribution is -2.20. The van der Waals surface area contributed by atoms with Gasteiger partial charge < -0.3 is 14.3 Å². The third-order valence-corrected chi connectivity index (χ3v) is 1.51. The van der Waals surface area contributed by atoms with E-state index in [1.54, 1.807) is 19.1 Å². The predicted octanol–water partition coefficient (Wildman–Crippen LogP) is 1.22. The van der Waals surface area contributed by atoms with Gasteiger partial charge in [-0.25, -0.2) is 4.79 Å². The normalized spacial score (nSPS) is 13.0. The van der Waals surface area contributed by atoms with Crippen molar-refractivity contribution in [2.75, 3.05) is 6.61 Å². The summed E-state index contributed by atoms with van der Waals surface area (Å²) in [6.07, 6.45) is 3.11. The van der Waals surface area contributed by atoms with Crippen molar-refractivity contribution < 1.29 is 19.1 Å². The molecule has 0 aromatic carbocycles. The van der Waals surface area contributed by atoms with Gasteiger partial charge in [-0.15, -0.1) is 0 Å². The molecule has 14 heavy (non-hydrogen) atoms. The minimum atomic E-state index is -1.24. The molecule has 0 fully saturated rings. The van der Waals surface area contributed by atoms with Crippen LogP contribution in [-0.4, -0.2) is 23.8 Å². The van der Waals surface area contributed by atoms with Gasteiger partial charge in [-0.1, -0.05) is 0 Å². The van der Waals surface area contributed by atoms with E-state index in [4.69, 9.17) is 4.42 Å². The van der Waals surface area contributed by atoms with E-state index in [2.05, 4.69) is 4.74 Å². The molecule has 0 spiro atoms. The predicted molar refractivity (Wildman–Crippen MR) is 50.4 cm³/mol. The highest BCUT2D eigenvalue weighted by Gasteiger charge is 2.11. The minimum absolute atomic E-state index is 0.254. The Hall–Kier alpha value is -1.55. The Morgan fingerprint density at radius 2 is 2.57 bits per heavy atom. The summed E-state index contributed by atoms with van der Waals surface area (Å²) in [5, 5.41) is 9.24. The van der Waals surface area contributed by atoms with Crippen molar-refractivity contribution >= 4 is 12.0 Å². The van der Waals surface area contributed by atoms with Crippen LogP contribution in [0.15, 0.2) is 28.9 Å². The topological polar surface area (TPSA) is 59.7 Å². The third-order valence-electron chi connectivity index (χ3n) is 1.51. The molecule has 1 aromatic heterocycles. The summed E-state index contributed by atoms with van der Waals surface area (Å²) in [5.74, 6) is -0.0799. The van der Waals surface area contributed by atoms with Crippen LogP contribution in [-0.2, 0) is 9.53 Å². The first-order chi connectivity index (χ1) is 6.74. The number of rotatable bonds is 4. The average Bonchev–Trinajstić information content (AvgIpc) is 2.67. The smallest absolute Gasteiger partial charge is 0.339 e. The zero-order chi connectivity index (χ0) is 10.4. The van der Waals surface area contributed by atoms with Gasteiger partial charge in [-0.2, -0.15) is 0 Å². The maximum Gasteiger partial charge on any atom is 0.339 e. The van der Waals surface area contributed by atoms with Gasteiger partial charge in [0.1, 0.15) is 5.76 Å². The molecule has 1 aromatic rings. The molecule has 4 heteroatoms. The highest BCUT2D eigenvalue weighted by Crippen LogP contribution is 2.03. The molecule has 0 aliphatic rings. The lowest BCUT2D eigenvalue weighted by molar-refractivity contribution is -0.150. The first-order valence-corrected chi connectivity index (χ1v) is 4.30. The van der Waals surface area contributed by atoms with E-state index < -0.39 is 12.1 Å². The van der Waals surface area contributed by atoms with Gasteiger partial charge in [0, 0.05) is 0 Å². The Kier molecular flexibility index (Phi) is 3.94. The van der Waals surface area contributed by atoms with Gasteiger partial charge in [-0.05, 0) is 31.2 Å².